The van der Waals surface area contributed by atoms with Crippen molar-refractivity contribution >= 4 is 17.6 Å². The van der Waals surface area contributed by atoms with Gasteiger partial charge in [0.1, 0.15) is 11.2 Å². The summed E-state index contributed by atoms with van der Waals surface area (Å²) in [7, 11) is 0. The van der Waals surface area contributed by atoms with Crippen molar-refractivity contribution in [3.8, 4) is 0 Å². The Morgan fingerprint density at radius 2 is 1.97 bits per heavy atom. The number of fused-ring (bicyclic) bond motifs is 1. The lowest BCUT2D eigenvalue weighted by Gasteiger charge is -2.41. The largest absolute Gasteiger partial charge is 0.300 e. The van der Waals surface area contributed by atoms with E-state index in [0.29, 0.717) is 11.4 Å². The number of carbonyl (C=O) groups excluding carboxylic acids is 1. The minimum atomic E-state index is 0.499. The first-order chi connectivity index (χ1) is 16.6. The van der Waals surface area contributed by atoms with Crippen molar-refractivity contribution in [2.24, 2.45) is 4.99 Å². The van der Waals surface area contributed by atoms with Crippen LogP contribution < -0.4 is 5.49 Å². The molecule has 34 heavy (non-hydrogen) atoms. The fourth-order valence-electron chi connectivity index (χ4n) is 5.26. The van der Waals surface area contributed by atoms with Crippen LogP contribution in [0.25, 0.3) is 11.2 Å². The monoisotopic (exact) mass is 458 g/mol. The van der Waals surface area contributed by atoms with E-state index in [9.17, 15) is 4.79 Å². The van der Waals surface area contributed by atoms with E-state index in [2.05, 4.69) is 22.9 Å². The Labute approximate surface area is 200 Å². The second-order valence-corrected chi connectivity index (χ2v) is 9.56. The lowest BCUT2D eigenvalue weighted by Crippen LogP contribution is -2.44. The predicted molar refractivity (Wildman–Crippen MR) is 134 cm³/mol. The number of hydrogen-bond donors (Lipinski definition) is 0. The molecule has 0 unspecified atom stereocenters. The van der Waals surface area contributed by atoms with Gasteiger partial charge in [0.15, 0.2) is 0 Å². The van der Waals surface area contributed by atoms with Gasteiger partial charge in [0.2, 0.25) is 6.41 Å². The quantitative estimate of drug-likeness (QED) is 0.521. The number of likely N-dealkylation sites (tertiary alicyclic amines) is 1. The Morgan fingerprint density at radius 3 is 2.62 bits per heavy atom. The molecule has 2 aliphatic rings. The molecule has 2 fully saturated rings. The minimum absolute atomic E-state index is 0.499. The molecule has 7 nitrogen and oxygen atoms in total. The van der Waals surface area contributed by atoms with Crippen LogP contribution in [0.3, 0.4) is 0 Å². The molecule has 7 heteroatoms. The molecule has 0 spiro atoms. The smallest absolute Gasteiger partial charge is 0.219 e. The van der Waals surface area contributed by atoms with E-state index in [1.165, 1.54) is 24.8 Å². The van der Waals surface area contributed by atoms with Gasteiger partial charge in [-0.15, -0.1) is 0 Å². The first-order valence-corrected chi connectivity index (χ1v) is 12.6. The molecule has 4 heterocycles. The maximum Gasteiger partial charge on any atom is 0.219 e. The van der Waals surface area contributed by atoms with E-state index in [1.54, 1.807) is 4.57 Å². The van der Waals surface area contributed by atoms with Gasteiger partial charge in [0.25, 0.3) is 0 Å². The van der Waals surface area contributed by atoms with Gasteiger partial charge in [-0.1, -0.05) is 25.5 Å². The summed E-state index contributed by atoms with van der Waals surface area (Å²) < 4.78 is 3.48. The number of hydrogen-bond acceptors (Lipinski definition) is 5. The number of nitrogens with zero attached hydrogens (tertiary/aromatic N) is 6. The first kappa shape index (κ1) is 22.7. The zero-order chi connectivity index (χ0) is 23.7. The van der Waals surface area contributed by atoms with Crippen LogP contribution in [-0.4, -0.2) is 49.6 Å². The third-order valence-electron chi connectivity index (χ3n) is 7.44. The average molecular weight is 459 g/mol. The van der Waals surface area contributed by atoms with E-state index in [4.69, 9.17) is 10.1 Å². The fourth-order valence-corrected chi connectivity index (χ4v) is 5.26. The van der Waals surface area contributed by atoms with Gasteiger partial charge in [0.05, 0.1) is 28.8 Å². The van der Waals surface area contributed by atoms with Crippen LogP contribution in [0.5, 0.6) is 0 Å². The highest BCUT2D eigenvalue weighted by atomic mass is 16.1. The Balaban J connectivity index is 1.41. The van der Waals surface area contributed by atoms with Gasteiger partial charge in [0, 0.05) is 12.2 Å². The summed E-state index contributed by atoms with van der Waals surface area (Å²) in [5, 5.41) is 4.74. The van der Waals surface area contributed by atoms with Gasteiger partial charge in [-0.2, -0.15) is 5.10 Å². The van der Waals surface area contributed by atoms with Crippen molar-refractivity contribution in [2.75, 3.05) is 13.1 Å². The summed E-state index contributed by atoms with van der Waals surface area (Å²) in [6.07, 6.45) is 13.9. The first-order valence-electron chi connectivity index (χ1n) is 12.6. The molecule has 178 valence electrons. The molecule has 0 aromatic carbocycles. The molecule has 1 aliphatic carbocycles. The maximum absolute atomic E-state index is 12.0. The predicted octanol–water partition coefficient (Wildman–Crippen LogP) is 4.13. The van der Waals surface area contributed by atoms with Crippen LogP contribution in [0.2, 0.25) is 0 Å². The second kappa shape index (κ2) is 9.66. The normalized spacial score (nSPS) is 19.0. The van der Waals surface area contributed by atoms with Gasteiger partial charge < -0.3 is 4.90 Å². The molecule has 0 radical (unpaired) electrons. The Morgan fingerprint density at radius 1 is 1.18 bits per heavy atom. The molecule has 0 amide bonds. The van der Waals surface area contributed by atoms with Crippen LogP contribution in [-0.2, 0) is 11.2 Å². The molecule has 3 aromatic rings. The van der Waals surface area contributed by atoms with Crippen molar-refractivity contribution in [2.45, 2.75) is 71.3 Å². The lowest BCUT2D eigenvalue weighted by molar-refractivity contribution is 0.0975. The van der Waals surface area contributed by atoms with Gasteiger partial charge in [-0.3, -0.25) is 14.3 Å². The molecule has 1 aliphatic heterocycles. The summed E-state index contributed by atoms with van der Waals surface area (Å²) in [5.74, 6) is 0.499. The van der Waals surface area contributed by atoms with Crippen molar-refractivity contribution < 1.29 is 4.79 Å². The Hall–Kier alpha value is -3.06. The Kier molecular flexibility index (Phi) is 6.46. The standard InChI is InChI=1S/C27H34N6O/c1-4-23(25-15-26-24(5-2)28-19(3)16-33(26)30-25)29-27-10-9-21(17-32(27)18-34)20-11-13-31(14-12-20)22-7-6-8-22/h4,9-10,15-18,20,22H,5-8,11-14H2,1-3H3/b23-4-,29-27-. The molecule has 3 aromatic heterocycles. The number of allylic oxidation sites excluding steroid dienone is 1. The molecule has 0 bridgehead atoms. The molecular formula is C27H34N6O. The van der Waals surface area contributed by atoms with Gasteiger partial charge in [-0.05, 0) is 82.7 Å². The van der Waals surface area contributed by atoms with Crippen LogP contribution in [0.1, 0.15) is 74.5 Å². The van der Waals surface area contributed by atoms with Crippen molar-refractivity contribution in [1.82, 2.24) is 24.1 Å². The lowest BCUT2D eigenvalue weighted by atomic mass is 9.86. The topological polar surface area (TPSA) is 67.8 Å². The average Bonchev–Trinajstić information content (AvgIpc) is 3.25. The second-order valence-electron chi connectivity index (χ2n) is 9.56. The highest BCUT2D eigenvalue weighted by Crippen LogP contribution is 2.32. The van der Waals surface area contributed by atoms with Crippen LogP contribution in [0.15, 0.2) is 41.7 Å². The summed E-state index contributed by atoms with van der Waals surface area (Å²) in [5.41, 5.74) is 6.29. The van der Waals surface area contributed by atoms with Crippen LogP contribution in [0, 0.1) is 6.92 Å². The zero-order valence-electron chi connectivity index (χ0n) is 20.4. The third-order valence-corrected chi connectivity index (χ3v) is 7.44. The molecule has 5 rings (SSSR count). The third kappa shape index (κ3) is 4.37. The summed E-state index contributed by atoms with van der Waals surface area (Å²) in [6.45, 7) is 8.34. The molecule has 0 atom stereocenters. The molecule has 0 N–H and O–H groups in total. The summed E-state index contributed by atoms with van der Waals surface area (Å²) >= 11 is 0. The fraction of sp³-hybridized carbons (Fsp3) is 0.481. The summed E-state index contributed by atoms with van der Waals surface area (Å²) in [6, 6.07) is 6.94. The highest BCUT2D eigenvalue weighted by Gasteiger charge is 2.29. The molecule has 1 saturated heterocycles. The number of carbonyl (C=O) groups is 1. The van der Waals surface area contributed by atoms with E-state index in [-0.39, 0.29) is 0 Å². The Bertz CT molecular complexity index is 1290. The van der Waals surface area contributed by atoms with E-state index in [0.717, 1.165) is 73.1 Å². The van der Waals surface area contributed by atoms with Crippen molar-refractivity contribution in [1.29, 1.82) is 0 Å². The number of rotatable bonds is 6. The van der Waals surface area contributed by atoms with E-state index in [1.807, 2.05) is 49.0 Å². The maximum atomic E-state index is 12.0. The number of aryl methyl sites for hydroxylation is 2. The molecule has 1 saturated carbocycles. The van der Waals surface area contributed by atoms with Crippen LogP contribution in [0.4, 0.5) is 0 Å². The van der Waals surface area contributed by atoms with Crippen molar-refractivity contribution in [3.05, 3.63) is 64.8 Å². The number of piperidine rings is 1. The van der Waals surface area contributed by atoms with E-state index >= 15 is 0 Å². The number of pyridine rings is 1. The van der Waals surface area contributed by atoms with Gasteiger partial charge in [-0.25, -0.2) is 9.51 Å². The molecular weight excluding hydrogens is 424 g/mol. The minimum Gasteiger partial charge on any atom is -0.300 e. The van der Waals surface area contributed by atoms with Gasteiger partial charge >= 0.3 is 0 Å². The highest BCUT2D eigenvalue weighted by molar-refractivity contribution is 5.67. The summed E-state index contributed by atoms with van der Waals surface area (Å²) in [4.78, 5) is 24.1. The van der Waals surface area contributed by atoms with E-state index < -0.39 is 0 Å². The SMILES string of the molecule is C/C=C(\N=c1\ccc(C2CCN(C3CCC3)CC2)cn1C=O)c1cc2c(CC)nc(C)cn2n1. The van der Waals surface area contributed by atoms with Crippen LogP contribution >= 0.6 is 0 Å². The zero-order valence-corrected chi connectivity index (χ0v) is 20.4. The number of aromatic nitrogens is 4. The van der Waals surface area contributed by atoms with Crippen molar-refractivity contribution in [3.63, 3.8) is 0 Å².